The van der Waals surface area contributed by atoms with E-state index in [-0.39, 0.29) is 5.91 Å². The lowest BCUT2D eigenvalue weighted by Gasteiger charge is -2.13. The molecule has 4 heterocycles. The van der Waals surface area contributed by atoms with Crippen LogP contribution in [-0.4, -0.2) is 67.2 Å². The van der Waals surface area contributed by atoms with Crippen molar-refractivity contribution in [2.24, 2.45) is 0 Å². The standard InChI is InChI=1S/C25H27N9O2/c1-17-13-18(5-6-21(17)36-19-7-11-33-22(14-19)27-15-29-33)31-24-23-20(8-12-34(23)30-16-28-24)25(35)26-9-4-10-32(2)3/h5-8,11-16H,4,9-10H2,1-3H3,(H,26,35)(H,28,30,31). The second-order valence-corrected chi connectivity index (χ2v) is 8.68. The van der Waals surface area contributed by atoms with E-state index in [1.807, 2.05) is 51.4 Å². The minimum Gasteiger partial charge on any atom is -0.457 e. The molecule has 5 aromatic rings. The third-order valence-electron chi connectivity index (χ3n) is 5.68. The highest BCUT2D eigenvalue weighted by molar-refractivity contribution is 6.04. The van der Waals surface area contributed by atoms with Crippen molar-refractivity contribution in [3.05, 3.63) is 72.6 Å². The molecule has 0 aliphatic heterocycles. The largest absolute Gasteiger partial charge is 0.457 e. The Morgan fingerprint density at radius 2 is 1.83 bits per heavy atom. The minimum absolute atomic E-state index is 0.154. The summed E-state index contributed by atoms with van der Waals surface area (Å²) in [6.45, 7) is 3.46. The fourth-order valence-corrected chi connectivity index (χ4v) is 3.89. The van der Waals surface area contributed by atoms with E-state index < -0.39 is 0 Å². The molecule has 0 spiro atoms. The first-order chi connectivity index (χ1) is 17.5. The van der Waals surface area contributed by atoms with Crippen molar-refractivity contribution in [1.29, 1.82) is 0 Å². The van der Waals surface area contributed by atoms with E-state index in [0.29, 0.717) is 34.8 Å². The number of carbonyl (C=O) groups is 1. The number of fused-ring (bicyclic) bond motifs is 2. The van der Waals surface area contributed by atoms with Crippen LogP contribution in [0.1, 0.15) is 22.3 Å². The Morgan fingerprint density at radius 1 is 1.03 bits per heavy atom. The van der Waals surface area contributed by atoms with Gasteiger partial charge in [0.05, 0.1) is 5.56 Å². The highest BCUT2D eigenvalue weighted by Gasteiger charge is 2.17. The summed E-state index contributed by atoms with van der Waals surface area (Å²) >= 11 is 0. The van der Waals surface area contributed by atoms with Crippen LogP contribution in [0.15, 0.2) is 61.4 Å². The lowest BCUT2D eigenvalue weighted by Crippen LogP contribution is -2.27. The molecule has 11 heteroatoms. The molecule has 2 N–H and O–H groups in total. The summed E-state index contributed by atoms with van der Waals surface area (Å²) in [6.07, 6.45) is 7.38. The Kier molecular flexibility index (Phi) is 6.46. The number of ether oxygens (including phenoxy) is 1. The van der Waals surface area contributed by atoms with Gasteiger partial charge in [-0.3, -0.25) is 4.79 Å². The van der Waals surface area contributed by atoms with Crippen molar-refractivity contribution in [2.75, 3.05) is 32.5 Å². The van der Waals surface area contributed by atoms with Crippen molar-refractivity contribution in [3.63, 3.8) is 0 Å². The zero-order chi connectivity index (χ0) is 25.1. The number of aryl methyl sites for hydroxylation is 1. The van der Waals surface area contributed by atoms with Crippen molar-refractivity contribution in [2.45, 2.75) is 13.3 Å². The van der Waals surface area contributed by atoms with Crippen LogP contribution in [0.5, 0.6) is 11.5 Å². The number of hydrogen-bond acceptors (Lipinski definition) is 8. The maximum absolute atomic E-state index is 12.9. The van der Waals surface area contributed by atoms with Crippen molar-refractivity contribution in [3.8, 4) is 11.5 Å². The summed E-state index contributed by atoms with van der Waals surface area (Å²) < 4.78 is 9.39. The number of benzene rings is 1. The number of amides is 1. The number of aromatic nitrogens is 6. The molecule has 0 fully saturated rings. The molecule has 11 nitrogen and oxygen atoms in total. The topological polar surface area (TPSA) is 114 Å². The van der Waals surface area contributed by atoms with Gasteiger partial charge in [-0.25, -0.2) is 19.0 Å². The van der Waals surface area contributed by atoms with E-state index in [4.69, 9.17) is 4.74 Å². The van der Waals surface area contributed by atoms with Crippen LogP contribution < -0.4 is 15.4 Å². The van der Waals surface area contributed by atoms with Crippen LogP contribution in [0.25, 0.3) is 11.2 Å². The van der Waals surface area contributed by atoms with Gasteiger partial charge in [0.25, 0.3) is 5.91 Å². The zero-order valence-corrected chi connectivity index (χ0v) is 20.3. The molecular weight excluding hydrogens is 458 g/mol. The first-order valence-electron chi connectivity index (χ1n) is 11.6. The van der Waals surface area contributed by atoms with Gasteiger partial charge in [0, 0.05) is 30.7 Å². The predicted molar refractivity (Wildman–Crippen MR) is 136 cm³/mol. The maximum atomic E-state index is 12.9. The van der Waals surface area contributed by atoms with Crippen LogP contribution in [0, 0.1) is 6.92 Å². The summed E-state index contributed by atoms with van der Waals surface area (Å²) in [4.78, 5) is 23.5. The number of rotatable bonds is 9. The van der Waals surface area contributed by atoms with Crippen molar-refractivity contribution < 1.29 is 9.53 Å². The molecule has 0 aliphatic carbocycles. The van der Waals surface area contributed by atoms with Gasteiger partial charge in [0.2, 0.25) is 0 Å². The average Bonchev–Trinajstić information content (AvgIpc) is 3.51. The molecule has 0 radical (unpaired) electrons. The SMILES string of the molecule is Cc1cc(Nc2ncnn3ccc(C(=O)NCCCN(C)C)c23)ccc1Oc1ccn2ncnc2c1. The lowest BCUT2D eigenvalue weighted by molar-refractivity contribution is 0.0954. The Labute approximate surface area is 207 Å². The molecular formula is C25H27N9O2. The van der Waals surface area contributed by atoms with Gasteiger partial charge in [-0.15, -0.1) is 0 Å². The lowest BCUT2D eigenvalue weighted by atomic mass is 10.2. The average molecular weight is 486 g/mol. The van der Waals surface area contributed by atoms with Gasteiger partial charge in [-0.2, -0.15) is 10.2 Å². The van der Waals surface area contributed by atoms with Gasteiger partial charge in [-0.1, -0.05) is 0 Å². The van der Waals surface area contributed by atoms with Gasteiger partial charge >= 0.3 is 0 Å². The van der Waals surface area contributed by atoms with Crippen molar-refractivity contribution in [1.82, 2.24) is 39.4 Å². The normalized spacial score (nSPS) is 11.3. The van der Waals surface area contributed by atoms with E-state index >= 15 is 0 Å². The maximum Gasteiger partial charge on any atom is 0.253 e. The Bertz CT molecular complexity index is 1520. The van der Waals surface area contributed by atoms with Crippen LogP contribution >= 0.6 is 0 Å². The van der Waals surface area contributed by atoms with Crippen LogP contribution in [0.4, 0.5) is 11.5 Å². The van der Waals surface area contributed by atoms with Crippen LogP contribution in [0.2, 0.25) is 0 Å². The smallest absolute Gasteiger partial charge is 0.253 e. The molecule has 1 aromatic carbocycles. The van der Waals surface area contributed by atoms with Gasteiger partial charge in [0.15, 0.2) is 11.5 Å². The van der Waals surface area contributed by atoms with E-state index in [0.717, 1.165) is 30.0 Å². The molecule has 36 heavy (non-hydrogen) atoms. The van der Waals surface area contributed by atoms with E-state index in [9.17, 15) is 4.79 Å². The monoisotopic (exact) mass is 485 g/mol. The molecule has 0 bridgehead atoms. The van der Waals surface area contributed by atoms with Gasteiger partial charge < -0.3 is 20.3 Å². The van der Waals surface area contributed by atoms with E-state index in [1.54, 1.807) is 27.5 Å². The summed E-state index contributed by atoms with van der Waals surface area (Å²) in [5.41, 5.74) is 3.58. The van der Waals surface area contributed by atoms with Crippen molar-refractivity contribution >= 4 is 28.6 Å². The Hall–Kier alpha value is -4.51. The predicted octanol–water partition coefficient (Wildman–Crippen LogP) is 3.30. The summed E-state index contributed by atoms with van der Waals surface area (Å²) in [7, 11) is 4.02. The number of nitrogens with zero attached hydrogens (tertiary/aromatic N) is 7. The molecule has 5 rings (SSSR count). The first kappa shape index (κ1) is 23.2. The highest BCUT2D eigenvalue weighted by atomic mass is 16.5. The molecule has 0 saturated heterocycles. The van der Waals surface area contributed by atoms with E-state index in [2.05, 4.69) is 35.7 Å². The second kappa shape index (κ2) is 10.0. The fraction of sp³-hybridized carbons (Fsp3) is 0.240. The number of pyridine rings is 1. The third kappa shape index (κ3) is 4.96. The number of hydrogen-bond donors (Lipinski definition) is 2. The van der Waals surface area contributed by atoms with Gasteiger partial charge in [0.1, 0.15) is 29.7 Å². The van der Waals surface area contributed by atoms with E-state index in [1.165, 1.54) is 12.7 Å². The highest BCUT2D eigenvalue weighted by Crippen LogP contribution is 2.30. The summed E-state index contributed by atoms with van der Waals surface area (Å²) in [5, 5.41) is 14.7. The van der Waals surface area contributed by atoms with Crippen LogP contribution in [0.3, 0.4) is 0 Å². The second-order valence-electron chi connectivity index (χ2n) is 8.68. The zero-order valence-electron chi connectivity index (χ0n) is 20.3. The molecule has 0 atom stereocenters. The summed E-state index contributed by atoms with van der Waals surface area (Å²) in [5.74, 6) is 1.78. The molecule has 1 amide bonds. The Balaban J connectivity index is 1.33. The molecule has 184 valence electrons. The Morgan fingerprint density at radius 3 is 2.67 bits per heavy atom. The number of carbonyl (C=O) groups excluding carboxylic acids is 1. The molecule has 0 saturated carbocycles. The van der Waals surface area contributed by atoms with Gasteiger partial charge in [-0.05, 0) is 69.9 Å². The number of anilines is 2. The van der Waals surface area contributed by atoms with Crippen LogP contribution in [-0.2, 0) is 0 Å². The first-order valence-corrected chi connectivity index (χ1v) is 11.6. The number of nitrogens with one attached hydrogen (secondary N) is 2. The summed E-state index contributed by atoms with van der Waals surface area (Å²) in [6, 6.07) is 11.2. The molecule has 0 aliphatic rings. The fourth-order valence-electron chi connectivity index (χ4n) is 3.89. The third-order valence-corrected chi connectivity index (χ3v) is 5.68. The minimum atomic E-state index is -0.154. The quantitative estimate of drug-likeness (QED) is 0.306. The molecule has 0 unspecified atom stereocenters. The molecule has 4 aromatic heterocycles.